The predicted molar refractivity (Wildman–Crippen MR) is 168 cm³/mol. The van der Waals surface area contributed by atoms with Gasteiger partial charge in [-0.15, -0.1) is 52.7 Å². The minimum absolute atomic E-state index is 0. The normalized spacial score (nSPS) is 10.8. The average Bonchev–Trinajstić information content (AvgIpc) is 3.05. The first kappa shape index (κ1) is 28.4. The molecule has 0 atom stereocenters. The summed E-state index contributed by atoms with van der Waals surface area (Å²) in [7, 11) is -2.94. The van der Waals surface area contributed by atoms with Crippen LogP contribution in [0.5, 0.6) is 0 Å². The summed E-state index contributed by atoms with van der Waals surface area (Å²) in [6, 6.07) is 56.2. The zero-order valence-corrected chi connectivity index (χ0v) is 25.4. The Morgan fingerprint density at radius 1 is 0.561 bits per heavy atom. The maximum absolute atomic E-state index is 14.2. The third-order valence-corrected chi connectivity index (χ3v) is 9.87. The molecule has 2 nitrogen and oxygen atoms in total. The van der Waals surface area contributed by atoms with Crippen molar-refractivity contribution in [2.75, 3.05) is 0 Å². The molecule has 7 rings (SSSR count). The van der Waals surface area contributed by atoms with Crippen LogP contribution < -0.4 is 15.9 Å². The molecule has 0 aliphatic heterocycles. The van der Waals surface area contributed by atoms with Crippen LogP contribution in [0.2, 0.25) is 0 Å². The Balaban J connectivity index is 0.000000173. The molecule has 1 aromatic heterocycles. The number of hydrogen-bond donors (Lipinski definition) is 0. The van der Waals surface area contributed by atoms with Crippen LogP contribution in [0.25, 0.3) is 32.8 Å². The topological polar surface area (TPSA) is 30.0 Å². The molecule has 201 valence electrons. The van der Waals surface area contributed by atoms with Crippen LogP contribution in [0.1, 0.15) is 0 Å². The van der Waals surface area contributed by atoms with Crippen molar-refractivity contribution in [1.29, 1.82) is 0 Å². The largest absolute Gasteiger partial charge is 0.311 e. The van der Waals surface area contributed by atoms with Crippen LogP contribution in [-0.2, 0) is 24.7 Å². The van der Waals surface area contributed by atoms with E-state index in [1.807, 2.05) is 146 Å². The molecule has 0 N–H and O–H groups in total. The van der Waals surface area contributed by atoms with E-state index in [-0.39, 0.29) is 20.1 Å². The van der Waals surface area contributed by atoms with E-state index in [0.717, 1.165) is 37.9 Å². The number of fused-ring (bicyclic) bond motifs is 2. The summed E-state index contributed by atoms with van der Waals surface area (Å²) in [6.45, 7) is 0. The molecule has 6 aromatic carbocycles. The Bertz CT molecular complexity index is 1880. The number of hydrogen-bond acceptors (Lipinski definition) is 2. The molecule has 0 unspecified atom stereocenters. The Hall–Kier alpha value is -4.13. The van der Waals surface area contributed by atoms with Gasteiger partial charge in [0.25, 0.3) is 0 Å². The van der Waals surface area contributed by atoms with Gasteiger partial charge < -0.3 is 9.55 Å². The Morgan fingerprint density at radius 3 is 1.80 bits per heavy atom. The monoisotopic (exact) mass is 724 g/mol. The zero-order chi connectivity index (χ0) is 27.2. The fraction of sp³-hybridized carbons (Fsp3) is 0. The third-order valence-electron chi connectivity index (χ3n) is 6.88. The van der Waals surface area contributed by atoms with Crippen molar-refractivity contribution in [3.8, 4) is 11.3 Å². The Labute approximate surface area is 254 Å². The summed E-state index contributed by atoms with van der Waals surface area (Å²) in [5.74, 6) is 0. The van der Waals surface area contributed by atoms with Gasteiger partial charge in [-0.05, 0) is 22.5 Å². The summed E-state index contributed by atoms with van der Waals surface area (Å²) in [4.78, 5) is 4.45. The second-order valence-corrected chi connectivity index (χ2v) is 12.1. The zero-order valence-electron chi connectivity index (χ0n) is 22.1. The second kappa shape index (κ2) is 13.0. The minimum Gasteiger partial charge on any atom is -0.311 e. The van der Waals surface area contributed by atoms with E-state index in [2.05, 4.69) is 29.2 Å². The van der Waals surface area contributed by atoms with Crippen molar-refractivity contribution in [1.82, 2.24) is 4.98 Å². The van der Waals surface area contributed by atoms with E-state index < -0.39 is 7.14 Å². The van der Waals surface area contributed by atoms with E-state index in [1.165, 1.54) is 10.8 Å². The minimum atomic E-state index is -2.94. The molecule has 0 aliphatic rings. The second-order valence-electron chi connectivity index (χ2n) is 9.38. The molecule has 0 fully saturated rings. The van der Waals surface area contributed by atoms with Crippen molar-refractivity contribution in [2.45, 2.75) is 0 Å². The van der Waals surface area contributed by atoms with Gasteiger partial charge in [0.1, 0.15) is 7.14 Å². The molecule has 0 bridgehead atoms. The molecule has 0 saturated carbocycles. The number of pyridine rings is 1. The maximum Gasteiger partial charge on any atom is 0.147 e. The Kier molecular flexibility index (Phi) is 9.02. The number of rotatable bonds is 4. The molecule has 1 heterocycles. The van der Waals surface area contributed by atoms with Gasteiger partial charge in [-0.1, -0.05) is 108 Å². The maximum atomic E-state index is 14.2. The molecule has 0 amide bonds. The molecular formula is C37H26IrNOP-2. The molecule has 7 aromatic rings. The van der Waals surface area contributed by atoms with E-state index in [0.29, 0.717) is 0 Å². The van der Waals surface area contributed by atoms with Crippen LogP contribution in [0.15, 0.2) is 158 Å². The molecule has 0 saturated heterocycles. The molecule has 41 heavy (non-hydrogen) atoms. The first-order chi connectivity index (χ1) is 19.7. The Morgan fingerprint density at radius 2 is 1.15 bits per heavy atom. The summed E-state index contributed by atoms with van der Waals surface area (Å²) in [5, 5.41) is 6.99. The molecular weight excluding hydrogens is 698 g/mol. The summed E-state index contributed by atoms with van der Waals surface area (Å²) < 4.78 is 14.2. The average molecular weight is 724 g/mol. The number of benzene rings is 6. The summed E-state index contributed by atoms with van der Waals surface area (Å²) in [5.41, 5.74) is 2.04. The van der Waals surface area contributed by atoms with Gasteiger partial charge in [0.2, 0.25) is 0 Å². The number of nitrogens with zero attached hydrogens (tertiary/aromatic N) is 1. The van der Waals surface area contributed by atoms with Crippen LogP contribution in [0.4, 0.5) is 0 Å². The fourth-order valence-electron chi connectivity index (χ4n) is 4.87. The van der Waals surface area contributed by atoms with E-state index in [9.17, 15) is 4.57 Å². The summed E-state index contributed by atoms with van der Waals surface area (Å²) in [6.07, 6.45) is 1.85. The van der Waals surface area contributed by atoms with Gasteiger partial charge in [0.15, 0.2) is 0 Å². The van der Waals surface area contributed by atoms with E-state index >= 15 is 0 Å². The molecule has 0 aliphatic carbocycles. The quantitative estimate of drug-likeness (QED) is 0.136. The summed E-state index contributed by atoms with van der Waals surface area (Å²) >= 11 is 0. The van der Waals surface area contributed by atoms with Crippen molar-refractivity contribution < 1.29 is 24.7 Å². The van der Waals surface area contributed by atoms with E-state index in [4.69, 9.17) is 0 Å². The van der Waals surface area contributed by atoms with Crippen molar-refractivity contribution in [3.63, 3.8) is 0 Å². The van der Waals surface area contributed by atoms with Gasteiger partial charge in [0, 0.05) is 36.9 Å². The van der Waals surface area contributed by atoms with Gasteiger partial charge in [-0.3, -0.25) is 0 Å². The SMILES string of the molecule is O=P(c1[c-]cc2ccccc2c1)(c1ccccc1)c1ccccc1.[Ir].[c-]1ccccc1-c1nccc2ccccc12. The van der Waals surface area contributed by atoms with Crippen LogP contribution in [-0.4, -0.2) is 4.98 Å². The molecule has 4 heteroatoms. The van der Waals surface area contributed by atoms with E-state index in [1.54, 1.807) is 0 Å². The first-order valence-electron chi connectivity index (χ1n) is 13.2. The van der Waals surface area contributed by atoms with Crippen molar-refractivity contribution in [3.05, 3.63) is 170 Å². The van der Waals surface area contributed by atoms with Crippen molar-refractivity contribution in [2.24, 2.45) is 0 Å². The predicted octanol–water partition coefficient (Wildman–Crippen LogP) is 7.98. The van der Waals surface area contributed by atoms with Crippen LogP contribution in [0.3, 0.4) is 0 Å². The van der Waals surface area contributed by atoms with Gasteiger partial charge in [0.05, 0.1) is 0 Å². The third kappa shape index (κ3) is 5.99. The first-order valence-corrected chi connectivity index (χ1v) is 14.9. The standard InChI is InChI=1S/C22H16OP.C15H10N.Ir/c23-24(20-11-3-1-4-12-20,21-13-5-2-6-14-21)22-16-15-18-9-7-8-10-19(18)17-22;1-2-7-13(8-3-1)15-14-9-5-4-6-12(14)10-11-16-15;/h1-15,17H;1-7,9-11H;/q2*-1;. The fourth-order valence-corrected chi connectivity index (χ4v) is 7.48. The number of aromatic nitrogens is 1. The van der Waals surface area contributed by atoms with Crippen LogP contribution >= 0.6 is 7.14 Å². The molecule has 1 radical (unpaired) electrons. The van der Waals surface area contributed by atoms with Gasteiger partial charge in [-0.2, -0.15) is 18.2 Å². The van der Waals surface area contributed by atoms with Crippen molar-refractivity contribution >= 4 is 44.6 Å². The van der Waals surface area contributed by atoms with Gasteiger partial charge >= 0.3 is 0 Å². The smallest absolute Gasteiger partial charge is 0.147 e. The van der Waals surface area contributed by atoms with Gasteiger partial charge in [-0.25, -0.2) is 0 Å². The molecule has 0 spiro atoms. The van der Waals surface area contributed by atoms with Crippen LogP contribution in [0, 0.1) is 12.1 Å².